The van der Waals surface area contributed by atoms with E-state index in [-0.39, 0.29) is 18.3 Å². The summed E-state index contributed by atoms with van der Waals surface area (Å²) in [6.45, 7) is 6.31. The van der Waals surface area contributed by atoms with Crippen LogP contribution in [0.2, 0.25) is 0 Å². The van der Waals surface area contributed by atoms with Gasteiger partial charge in [-0.15, -0.1) is 0 Å². The molecule has 23 heavy (non-hydrogen) atoms. The molecule has 0 aliphatic heterocycles. The number of aliphatic hydroxyl groups is 1. The van der Waals surface area contributed by atoms with Gasteiger partial charge in [0, 0.05) is 31.8 Å². The Hall–Kier alpha value is -1.97. The van der Waals surface area contributed by atoms with Crippen LogP contribution in [0.15, 0.2) is 54.6 Å². The third kappa shape index (κ3) is 5.62. The van der Waals surface area contributed by atoms with Crippen molar-refractivity contribution in [3.8, 4) is 0 Å². The Balaban J connectivity index is 2.08. The van der Waals surface area contributed by atoms with Crippen molar-refractivity contribution in [2.45, 2.75) is 26.9 Å². The topological polar surface area (TPSA) is 40.5 Å². The SMILES string of the molecule is CC(=O)c1ccc(CN(Cc2ccccc2)C[C@@H](C)CO)cc1. The molecule has 0 aromatic heterocycles. The summed E-state index contributed by atoms with van der Waals surface area (Å²) in [6.07, 6.45) is 0. The number of ketones is 1. The highest BCUT2D eigenvalue weighted by Gasteiger charge is 2.11. The number of hydrogen-bond acceptors (Lipinski definition) is 3. The van der Waals surface area contributed by atoms with Crippen LogP contribution in [0.4, 0.5) is 0 Å². The van der Waals surface area contributed by atoms with Crippen molar-refractivity contribution in [2.24, 2.45) is 5.92 Å². The Labute approximate surface area is 138 Å². The molecule has 2 aromatic rings. The predicted octanol–water partition coefficient (Wildman–Crippen LogP) is 3.52. The number of aliphatic hydroxyl groups excluding tert-OH is 1. The second-order valence-corrected chi connectivity index (χ2v) is 6.20. The van der Waals surface area contributed by atoms with Gasteiger partial charge in [0.2, 0.25) is 0 Å². The smallest absolute Gasteiger partial charge is 0.159 e. The minimum Gasteiger partial charge on any atom is -0.396 e. The maximum Gasteiger partial charge on any atom is 0.159 e. The van der Waals surface area contributed by atoms with Crippen molar-refractivity contribution >= 4 is 5.78 Å². The third-order valence-electron chi connectivity index (χ3n) is 3.90. The molecule has 2 rings (SSSR count). The van der Waals surface area contributed by atoms with Crippen LogP contribution < -0.4 is 0 Å². The molecule has 0 spiro atoms. The monoisotopic (exact) mass is 311 g/mol. The molecule has 0 aliphatic carbocycles. The van der Waals surface area contributed by atoms with Gasteiger partial charge in [-0.05, 0) is 24.0 Å². The normalized spacial score (nSPS) is 12.3. The van der Waals surface area contributed by atoms with Crippen LogP contribution in [0, 0.1) is 5.92 Å². The number of benzene rings is 2. The number of rotatable bonds is 8. The third-order valence-corrected chi connectivity index (χ3v) is 3.90. The average Bonchev–Trinajstić information content (AvgIpc) is 2.56. The zero-order valence-corrected chi connectivity index (χ0v) is 13.9. The van der Waals surface area contributed by atoms with Gasteiger partial charge in [-0.1, -0.05) is 61.5 Å². The van der Waals surface area contributed by atoms with Crippen molar-refractivity contribution in [1.29, 1.82) is 0 Å². The van der Waals surface area contributed by atoms with E-state index in [1.807, 2.05) is 42.5 Å². The standard InChI is InChI=1S/C20H25NO2/c1-16(15-22)12-21(13-18-6-4-3-5-7-18)14-19-8-10-20(11-9-19)17(2)23/h3-11,16,22H,12-15H2,1-2H3/t16-/m1/s1. The summed E-state index contributed by atoms with van der Waals surface area (Å²) in [4.78, 5) is 13.7. The Bertz CT molecular complexity index is 607. The molecule has 1 N–H and O–H groups in total. The minimum absolute atomic E-state index is 0.0894. The first kappa shape index (κ1) is 17.4. The largest absolute Gasteiger partial charge is 0.396 e. The van der Waals surface area contributed by atoms with Gasteiger partial charge in [-0.25, -0.2) is 0 Å². The van der Waals surface area contributed by atoms with E-state index in [4.69, 9.17) is 0 Å². The van der Waals surface area contributed by atoms with Crippen molar-refractivity contribution in [2.75, 3.05) is 13.2 Å². The number of carbonyl (C=O) groups is 1. The second kappa shape index (κ2) is 8.61. The Kier molecular flexibility index (Phi) is 6.51. The molecule has 1 atom stereocenters. The molecule has 0 saturated carbocycles. The van der Waals surface area contributed by atoms with Gasteiger partial charge >= 0.3 is 0 Å². The van der Waals surface area contributed by atoms with E-state index < -0.39 is 0 Å². The predicted molar refractivity (Wildman–Crippen MR) is 93.3 cm³/mol. The first-order valence-corrected chi connectivity index (χ1v) is 8.05. The van der Waals surface area contributed by atoms with E-state index in [0.717, 1.165) is 25.2 Å². The maximum absolute atomic E-state index is 11.4. The van der Waals surface area contributed by atoms with Gasteiger partial charge < -0.3 is 5.11 Å². The molecule has 0 fully saturated rings. The lowest BCUT2D eigenvalue weighted by atomic mass is 10.1. The molecule has 0 aliphatic rings. The summed E-state index contributed by atoms with van der Waals surface area (Å²) in [6, 6.07) is 18.1. The molecule has 3 heteroatoms. The Morgan fingerprint density at radius 3 is 2.09 bits per heavy atom. The van der Waals surface area contributed by atoms with Crippen LogP contribution in [-0.4, -0.2) is 28.9 Å². The van der Waals surface area contributed by atoms with Crippen LogP contribution in [0.1, 0.15) is 35.3 Å². The molecule has 0 heterocycles. The molecule has 3 nitrogen and oxygen atoms in total. The first-order valence-electron chi connectivity index (χ1n) is 8.05. The van der Waals surface area contributed by atoms with Gasteiger partial charge in [0.25, 0.3) is 0 Å². The fourth-order valence-electron chi connectivity index (χ4n) is 2.63. The van der Waals surface area contributed by atoms with Crippen LogP contribution in [-0.2, 0) is 13.1 Å². The van der Waals surface area contributed by atoms with E-state index in [2.05, 4.69) is 24.0 Å². The highest BCUT2D eigenvalue weighted by Crippen LogP contribution is 2.13. The lowest BCUT2D eigenvalue weighted by Gasteiger charge is -2.25. The van der Waals surface area contributed by atoms with Crippen LogP contribution in [0.25, 0.3) is 0 Å². The highest BCUT2D eigenvalue weighted by molar-refractivity contribution is 5.93. The summed E-state index contributed by atoms with van der Waals surface area (Å²) in [7, 11) is 0. The lowest BCUT2D eigenvalue weighted by Crippen LogP contribution is -2.29. The molecule has 0 radical (unpaired) electrons. The average molecular weight is 311 g/mol. The molecule has 2 aromatic carbocycles. The van der Waals surface area contributed by atoms with Crippen molar-refractivity contribution in [1.82, 2.24) is 4.90 Å². The maximum atomic E-state index is 11.4. The van der Waals surface area contributed by atoms with Gasteiger partial charge in [-0.2, -0.15) is 0 Å². The Morgan fingerprint density at radius 1 is 1.00 bits per heavy atom. The Morgan fingerprint density at radius 2 is 1.57 bits per heavy atom. The van der Waals surface area contributed by atoms with Crippen molar-refractivity contribution in [3.05, 3.63) is 71.3 Å². The van der Waals surface area contributed by atoms with E-state index in [0.29, 0.717) is 0 Å². The molecule has 0 unspecified atom stereocenters. The summed E-state index contributed by atoms with van der Waals surface area (Å²) in [5.41, 5.74) is 3.18. The first-order chi connectivity index (χ1) is 11.1. The molecular formula is C20H25NO2. The van der Waals surface area contributed by atoms with Crippen molar-refractivity contribution in [3.63, 3.8) is 0 Å². The van der Waals surface area contributed by atoms with E-state index in [1.165, 1.54) is 11.1 Å². The fraction of sp³-hybridized carbons (Fsp3) is 0.350. The lowest BCUT2D eigenvalue weighted by molar-refractivity contribution is 0.101. The van der Waals surface area contributed by atoms with Crippen LogP contribution in [0.5, 0.6) is 0 Å². The molecular weight excluding hydrogens is 286 g/mol. The number of carbonyl (C=O) groups excluding carboxylic acids is 1. The van der Waals surface area contributed by atoms with Gasteiger partial charge in [0.05, 0.1) is 0 Å². The minimum atomic E-state index is 0.0894. The fourth-order valence-corrected chi connectivity index (χ4v) is 2.63. The quantitative estimate of drug-likeness (QED) is 0.758. The van der Waals surface area contributed by atoms with Gasteiger partial charge in [0.1, 0.15) is 0 Å². The molecule has 0 amide bonds. The van der Waals surface area contributed by atoms with E-state index >= 15 is 0 Å². The molecule has 0 bridgehead atoms. The summed E-state index contributed by atoms with van der Waals surface area (Å²) in [5, 5.41) is 9.35. The summed E-state index contributed by atoms with van der Waals surface area (Å²) < 4.78 is 0. The van der Waals surface area contributed by atoms with Crippen molar-refractivity contribution < 1.29 is 9.90 Å². The zero-order chi connectivity index (χ0) is 16.7. The highest BCUT2D eigenvalue weighted by atomic mass is 16.3. The van der Waals surface area contributed by atoms with Gasteiger partial charge in [0.15, 0.2) is 5.78 Å². The van der Waals surface area contributed by atoms with Gasteiger partial charge in [-0.3, -0.25) is 9.69 Å². The van der Waals surface area contributed by atoms with Crippen LogP contribution in [0.3, 0.4) is 0 Å². The molecule has 122 valence electrons. The van der Waals surface area contributed by atoms with E-state index in [9.17, 15) is 9.90 Å². The number of Topliss-reactive ketones (excluding diaryl/α,β-unsaturated/α-hetero) is 1. The summed E-state index contributed by atoms with van der Waals surface area (Å²) in [5.74, 6) is 0.321. The summed E-state index contributed by atoms with van der Waals surface area (Å²) >= 11 is 0. The number of hydrogen-bond donors (Lipinski definition) is 1. The van der Waals surface area contributed by atoms with E-state index in [1.54, 1.807) is 6.92 Å². The number of nitrogens with zero attached hydrogens (tertiary/aromatic N) is 1. The zero-order valence-electron chi connectivity index (χ0n) is 13.9. The molecule has 0 saturated heterocycles. The second-order valence-electron chi connectivity index (χ2n) is 6.20. The van der Waals surface area contributed by atoms with Crippen LogP contribution >= 0.6 is 0 Å².